The van der Waals surface area contributed by atoms with E-state index in [0.717, 1.165) is 22.3 Å². The van der Waals surface area contributed by atoms with Crippen molar-refractivity contribution in [1.29, 1.82) is 0 Å². The number of halogens is 1. The lowest BCUT2D eigenvalue weighted by molar-refractivity contribution is 0.240. The van der Waals surface area contributed by atoms with Crippen molar-refractivity contribution in [3.8, 4) is 5.75 Å². The van der Waals surface area contributed by atoms with Gasteiger partial charge >= 0.3 is 0 Å². The van der Waals surface area contributed by atoms with Gasteiger partial charge in [0.15, 0.2) is 0 Å². The number of nitrogen functional groups attached to an aromatic ring is 1. The summed E-state index contributed by atoms with van der Waals surface area (Å²) in [6, 6.07) is 14.9. The number of hydrogen-bond donors (Lipinski definition) is 3. The standard InChI is InChI=1S/C18H22BrN3O/c1-11(2)23-18-8-5-13(9-15(18)19)17-10-16(21-22-17)12-3-6-14(20)7-4-12/h3-9,11,16-17,21-22H,10,20H2,1-2H3. The number of nitrogens with one attached hydrogen (secondary N) is 2. The zero-order chi connectivity index (χ0) is 16.4. The van der Waals surface area contributed by atoms with Gasteiger partial charge in [-0.15, -0.1) is 0 Å². The Morgan fingerprint density at radius 1 is 1.04 bits per heavy atom. The molecule has 1 heterocycles. The van der Waals surface area contributed by atoms with Crippen LogP contribution in [0.5, 0.6) is 5.75 Å². The molecule has 0 radical (unpaired) electrons. The molecule has 2 aromatic rings. The number of rotatable bonds is 4. The molecule has 2 unspecified atom stereocenters. The average Bonchev–Trinajstić information content (AvgIpc) is 2.99. The van der Waals surface area contributed by atoms with Crippen LogP contribution in [0.4, 0.5) is 5.69 Å². The van der Waals surface area contributed by atoms with Gasteiger partial charge in [0.25, 0.3) is 0 Å². The van der Waals surface area contributed by atoms with E-state index in [1.54, 1.807) is 0 Å². The highest BCUT2D eigenvalue weighted by atomic mass is 79.9. The van der Waals surface area contributed by atoms with E-state index in [-0.39, 0.29) is 18.2 Å². The van der Waals surface area contributed by atoms with Crippen LogP contribution in [0.2, 0.25) is 0 Å². The molecule has 2 atom stereocenters. The Bertz CT molecular complexity index is 672. The minimum Gasteiger partial charge on any atom is -0.490 e. The Labute approximate surface area is 145 Å². The zero-order valence-electron chi connectivity index (χ0n) is 13.3. The Balaban J connectivity index is 1.71. The van der Waals surface area contributed by atoms with Gasteiger partial charge in [0, 0.05) is 17.8 Å². The highest BCUT2D eigenvalue weighted by molar-refractivity contribution is 9.10. The number of hydrogen-bond acceptors (Lipinski definition) is 4. The molecular weight excluding hydrogens is 354 g/mol. The first kappa shape index (κ1) is 16.3. The highest BCUT2D eigenvalue weighted by Crippen LogP contribution is 2.35. The minimum absolute atomic E-state index is 0.165. The Morgan fingerprint density at radius 2 is 1.65 bits per heavy atom. The Kier molecular flexibility index (Phi) is 4.90. The van der Waals surface area contributed by atoms with E-state index in [1.165, 1.54) is 11.1 Å². The van der Waals surface area contributed by atoms with Crippen LogP contribution in [-0.4, -0.2) is 6.10 Å². The molecule has 4 nitrogen and oxygen atoms in total. The number of ether oxygens (including phenoxy) is 1. The first-order chi connectivity index (χ1) is 11.0. The normalized spacial score (nSPS) is 20.9. The van der Waals surface area contributed by atoms with Gasteiger partial charge in [0.1, 0.15) is 5.75 Å². The van der Waals surface area contributed by atoms with Gasteiger partial charge in [-0.3, -0.25) is 0 Å². The lowest BCUT2D eigenvalue weighted by Gasteiger charge is -2.15. The Morgan fingerprint density at radius 3 is 2.26 bits per heavy atom. The molecule has 5 heteroatoms. The molecule has 1 saturated heterocycles. The molecule has 0 aliphatic carbocycles. The fraction of sp³-hybridized carbons (Fsp3) is 0.333. The largest absolute Gasteiger partial charge is 0.490 e. The van der Waals surface area contributed by atoms with Crippen LogP contribution in [0.1, 0.15) is 43.5 Å². The number of nitrogens with two attached hydrogens (primary N) is 1. The summed E-state index contributed by atoms with van der Waals surface area (Å²) >= 11 is 3.60. The number of hydrazine groups is 1. The van der Waals surface area contributed by atoms with Crippen LogP contribution in [0.3, 0.4) is 0 Å². The molecule has 1 aliphatic rings. The zero-order valence-corrected chi connectivity index (χ0v) is 14.9. The molecule has 3 rings (SSSR count). The van der Waals surface area contributed by atoms with Gasteiger partial charge in [0.2, 0.25) is 0 Å². The van der Waals surface area contributed by atoms with Gasteiger partial charge < -0.3 is 10.5 Å². The molecular formula is C18H22BrN3O. The van der Waals surface area contributed by atoms with Crippen molar-refractivity contribution >= 4 is 21.6 Å². The summed E-state index contributed by atoms with van der Waals surface area (Å²) in [7, 11) is 0. The van der Waals surface area contributed by atoms with E-state index in [0.29, 0.717) is 0 Å². The molecule has 0 bridgehead atoms. The van der Waals surface area contributed by atoms with Crippen LogP contribution >= 0.6 is 15.9 Å². The van der Waals surface area contributed by atoms with Crippen molar-refractivity contribution in [3.05, 3.63) is 58.1 Å². The predicted molar refractivity (Wildman–Crippen MR) is 97.1 cm³/mol. The quantitative estimate of drug-likeness (QED) is 0.704. The predicted octanol–water partition coefficient (Wildman–Crippen LogP) is 4.10. The maximum atomic E-state index is 5.77. The first-order valence-corrected chi connectivity index (χ1v) is 8.65. The minimum atomic E-state index is 0.165. The Hall–Kier alpha value is -1.56. The van der Waals surface area contributed by atoms with Gasteiger partial charge in [-0.2, -0.15) is 0 Å². The molecule has 0 saturated carbocycles. The van der Waals surface area contributed by atoms with Crippen molar-refractivity contribution in [2.75, 3.05) is 5.73 Å². The molecule has 0 aromatic heterocycles. The third-order valence-electron chi connectivity index (χ3n) is 3.96. The number of benzene rings is 2. The van der Waals surface area contributed by atoms with E-state index in [1.807, 2.05) is 32.0 Å². The SMILES string of the molecule is CC(C)Oc1ccc(C2CC(c3ccc(N)cc3)NN2)cc1Br. The van der Waals surface area contributed by atoms with Crippen molar-refractivity contribution in [2.24, 2.45) is 0 Å². The maximum absolute atomic E-state index is 5.77. The molecule has 1 aliphatic heterocycles. The van der Waals surface area contributed by atoms with Crippen molar-refractivity contribution < 1.29 is 4.74 Å². The van der Waals surface area contributed by atoms with E-state index < -0.39 is 0 Å². The average molecular weight is 376 g/mol. The first-order valence-electron chi connectivity index (χ1n) is 7.85. The van der Waals surface area contributed by atoms with Crippen molar-refractivity contribution in [2.45, 2.75) is 38.5 Å². The highest BCUT2D eigenvalue weighted by Gasteiger charge is 2.26. The summed E-state index contributed by atoms with van der Waals surface area (Å²) in [5.41, 5.74) is 15.8. The lowest BCUT2D eigenvalue weighted by Crippen LogP contribution is -2.26. The summed E-state index contributed by atoms with van der Waals surface area (Å²) in [5, 5.41) is 0. The molecule has 23 heavy (non-hydrogen) atoms. The molecule has 0 spiro atoms. The second-order valence-corrected chi connectivity index (χ2v) is 7.01. The van der Waals surface area contributed by atoms with Crippen LogP contribution in [0.15, 0.2) is 46.9 Å². The summed E-state index contributed by atoms with van der Waals surface area (Å²) in [6.45, 7) is 4.06. The molecule has 2 aromatic carbocycles. The van der Waals surface area contributed by atoms with E-state index in [4.69, 9.17) is 10.5 Å². The van der Waals surface area contributed by atoms with Gasteiger partial charge in [-0.25, -0.2) is 10.9 Å². The van der Waals surface area contributed by atoms with Gasteiger partial charge in [-0.05, 0) is 71.6 Å². The fourth-order valence-electron chi connectivity index (χ4n) is 2.81. The molecule has 0 amide bonds. The van der Waals surface area contributed by atoms with Crippen molar-refractivity contribution in [1.82, 2.24) is 10.9 Å². The van der Waals surface area contributed by atoms with Crippen LogP contribution in [0, 0.1) is 0 Å². The topological polar surface area (TPSA) is 59.3 Å². The second-order valence-electron chi connectivity index (χ2n) is 6.15. The third kappa shape index (κ3) is 3.86. The molecule has 1 fully saturated rings. The van der Waals surface area contributed by atoms with E-state index in [2.05, 4.69) is 51.0 Å². The maximum Gasteiger partial charge on any atom is 0.133 e. The summed E-state index contributed by atoms with van der Waals surface area (Å²) in [6.07, 6.45) is 1.15. The monoisotopic (exact) mass is 375 g/mol. The molecule has 4 N–H and O–H groups in total. The van der Waals surface area contributed by atoms with E-state index >= 15 is 0 Å². The lowest BCUT2D eigenvalue weighted by atomic mass is 9.97. The van der Waals surface area contributed by atoms with Crippen LogP contribution in [-0.2, 0) is 0 Å². The van der Waals surface area contributed by atoms with Crippen LogP contribution in [0.25, 0.3) is 0 Å². The summed E-state index contributed by atoms with van der Waals surface area (Å²) in [5.74, 6) is 0.879. The second kappa shape index (κ2) is 6.91. The number of anilines is 1. The van der Waals surface area contributed by atoms with E-state index in [9.17, 15) is 0 Å². The summed E-state index contributed by atoms with van der Waals surface area (Å²) in [4.78, 5) is 0. The smallest absolute Gasteiger partial charge is 0.133 e. The fourth-order valence-corrected chi connectivity index (χ4v) is 3.30. The van der Waals surface area contributed by atoms with Crippen LogP contribution < -0.4 is 21.3 Å². The summed E-state index contributed by atoms with van der Waals surface area (Å²) < 4.78 is 6.76. The van der Waals surface area contributed by atoms with Crippen molar-refractivity contribution in [3.63, 3.8) is 0 Å². The third-order valence-corrected chi connectivity index (χ3v) is 4.58. The van der Waals surface area contributed by atoms with Gasteiger partial charge in [-0.1, -0.05) is 18.2 Å². The molecule has 122 valence electrons. The van der Waals surface area contributed by atoms with Gasteiger partial charge in [0.05, 0.1) is 10.6 Å².